The van der Waals surface area contributed by atoms with Crippen LogP contribution < -0.4 is 5.32 Å². The fourth-order valence-corrected chi connectivity index (χ4v) is 2.03. The number of nitrogens with one attached hydrogen (secondary N) is 1. The molecule has 0 bridgehead atoms. The van der Waals surface area contributed by atoms with Gasteiger partial charge in [0.05, 0.1) is 17.3 Å². The zero-order chi connectivity index (χ0) is 14.7. The number of hydrogen-bond acceptors (Lipinski definition) is 4. The number of hydrogen-bond donors (Lipinski definition) is 2. The van der Waals surface area contributed by atoms with Crippen LogP contribution in [0.15, 0.2) is 12.4 Å². The van der Waals surface area contributed by atoms with Crippen LogP contribution in [-0.4, -0.2) is 52.6 Å². The highest BCUT2D eigenvalue weighted by Crippen LogP contribution is 2.13. The fourth-order valence-electron chi connectivity index (χ4n) is 2.03. The number of aliphatic hydroxyl groups is 1. The lowest BCUT2D eigenvalue weighted by Gasteiger charge is -2.27. The van der Waals surface area contributed by atoms with Gasteiger partial charge < -0.3 is 15.3 Å². The molecule has 1 aromatic rings. The third-order valence-electron chi connectivity index (χ3n) is 2.82. The van der Waals surface area contributed by atoms with Gasteiger partial charge in [-0.2, -0.15) is 5.10 Å². The van der Waals surface area contributed by atoms with Gasteiger partial charge in [0.15, 0.2) is 0 Å². The molecule has 0 radical (unpaired) electrons. The van der Waals surface area contributed by atoms with Crippen molar-refractivity contribution in [2.24, 2.45) is 0 Å². The number of nitrogens with zero attached hydrogens (tertiary/aromatic N) is 3. The van der Waals surface area contributed by atoms with E-state index >= 15 is 0 Å². The minimum atomic E-state index is -0.719. The van der Waals surface area contributed by atoms with Crippen molar-refractivity contribution in [1.82, 2.24) is 20.0 Å². The normalized spacial score (nSPS) is 15.8. The fraction of sp³-hybridized carbons (Fsp3) is 0.786. The predicted molar refractivity (Wildman–Crippen MR) is 78.1 cm³/mol. The lowest BCUT2D eigenvalue weighted by atomic mass is 10.1. The highest BCUT2D eigenvalue weighted by atomic mass is 16.3. The Morgan fingerprint density at radius 1 is 1.32 bits per heavy atom. The predicted octanol–water partition coefficient (Wildman–Crippen LogP) is 1.04. The first-order chi connectivity index (χ1) is 8.60. The summed E-state index contributed by atoms with van der Waals surface area (Å²) in [5, 5.41) is 17.8. The molecule has 0 aliphatic rings. The summed E-state index contributed by atoms with van der Waals surface area (Å²) in [6.07, 6.45) is 3.92. The molecular weight excluding hydrogens is 240 g/mol. The van der Waals surface area contributed by atoms with Gasteiger partial charge in [-0.15, -0.1) is 0 Å². The summed E-state index contributed by atoms with van der Waals surface area (Å²) in [5.74, 6) is 0. The summed E-state index contributed by atoms with van der Waals surface area (Å²) in [4.78, 5) is 1.99. The lowest BCUT2D eigenvalue weighted by Crippen LogP contribution is -2.45. The molecule has 1 rings (SSSR count). The van der Waals surface area contributed by atoms with E-state index in [0.29, 0.717) is 13.1 Å². The van der Waals surface area contributed by atoms with Gasteiger partial charge in [-0.25, -0.2) is 0 Å². The van der Waals surface area contributed by atoms with Gasteiger partial charge in [-0.3, -0.25) is 4.68 Å². The van der Waals surface area contributed by atoms with Crippen LogP contribution in [0.3, 0.4) is 0 Å². The maximum atomic E-state index is 10.2. The average Bonchev–Trinajstić information content (AvgIpc) is 2.62. The molecule has 0 spiro atoms. The van der Waals surface area contributed by atoms with E-state index in [9.17, 15) is 5.11 Å². The molecule has 0 fully saturated rings. The van der Waals surface area contributed by atoms with Gasteiger partial charge >= 0.3 is 0 Å². The van der Waals surface area contributed by atoms with Crippen LogP contribution in [0.5, 0.6) is 0 Å². The minimum absolute atomic E-state index is 0.00860. The molecule has 0 aromatic carbocycles. The molecule has 1 aromatic heterocycles. The molecule has 1 unspecified atom stereocenters. The zero-order valence-electron chi connectivity index (χ0n) is 13.1. The van der Waals surface area contributed by atoms with Crippen molar-refractivity contribution in [3.05, 3.63) is 18.0 Å². The van der Waals surface area contributed by atoms with Crippen molar-refractivity contribution in [2.75, 3.05) is 27.2 Å². The Bertz CT molecular complexity index is 390. The van der Waals surface area contributed by atoms with Crippen molar-refractivity contribution in [2.45, 2.75) is 45.4 Å². The van der Waals surface area contributed by atoms with E-state index in [0.717, 1.165) is 12.1 Å². The van der Waals surface area contributed by atoms with Crippen LogP contribution in [0.25, 0.3) is 0 Å². The van der Waals surface area contributed by atoms with Crippen LogP contribution in [-0.2, 0) is 12.1 Å². The Hall–Kier alpha value is -0.910. The molecule has 19 heavy (non-hydrogen) atoms. The Kier molecular flexibility index (Phi) is 5.12. The summed E-state index contributed by atoms with van der Waals surface area (Å²) < 4.78 is 1.96. The van der Waals surface area contributed by atoms with Crippen LogP contribution >= 0.6 is 0 Å². The maximum absolute atomic E-state index is 10.2. The molecule has 0 aliphatic carbocycles. The van der Waals surface area contributed by atoms with Gasteiger partial charge in [0.1, 0.15) is 0 Å². The maximum Gasteiger partial charge on any atom is 0.0869 e. The van der Waals surface area contributed by atoms with Crippen molar-refractivity contribution in [1.29, 1.82) is 0 Å². The van der Waals surface area contributed by atoms with Gasteiger partial charge in [-0.05, 0) is 41.8 Å². The van der Waals surface area contributed by atoms with Gasteiger partial charge in [0.25, 0.3) is 0 Å². The third kappa shape index (κ3) is 5.72. The summed E-state index contributed by atoms with van der Waals surface area (Å²) in [6.45, 7) is 10.1. The first-order valence-corrected chi connectivity index (χ1v) is 6.72. The van der Waals surface area contributed by atoms with E-state index in [1.165, 1.54) is 0 Å². The largest absolute Gasteiger partial charge is 0.388 e. The first-order valence-electron chi connectivity index (χ1n) is 6.72. The number of likely N-dealkylation sites (N-methyl/N-ethyl adjacent to an activating group) is 1. The second-order valence-corrected chi connectivity index (χ2v) is 6.80. The third-order valence-corrected chi connectivity index (χ3v) is 2.82. The molecule has 1 heterocycles. The molecule has 110 valence electrons. The molecule has 5 nitrogen and oxygen atoms in total. The van der Waals surface area contributed by atoms with Gasteiger partial charge in [0, 0.05) is 31.4 Å². The molecule has 0 saturated carbocycles. The topological polar surface area (TPSA) is 53.3 Å². The Morgan fingerprint density at radius 2 is 1.95 bits per heavy atom. The molecule has 1 atom stereocenters. The van der Waals surface area contributed by atoms with Crippen molar-refractivity contribution in [3.8, 4) is 0 Å². The van der Waals surface area contributed by atoms with Crippen LogP contribution in [0.1, 0.15) is 33.3 Å². The monoisotopic (exact) mass is 268 g/mol. The molecule has 0 aliphatic heterocycles. The highest BCUT2D eigenvalue weighted by Gasteiger charge is 2.20. The Morgan fingerprint density at radius 3 is 2.42 bits per heavy atom. The summed E-state index contributed by atoms with van der Waals surface area (Å²) in [5.41, 5.74) is 0.425. The van der Waals surface area contributed by atoms with E-state index < -0.39 is 5.60 Å². The molecule has 0 saturated heterocycles. The quantitative estimate of drug-likeness (QED) is 0.809. The highest BCUT2D eigenvalue weighted by molar-refractivity contribution is 5.05. The Labute approximate surface area is 116 Å². The average molecular weight is 268 g/mol. The van der Waals surface area contributed by atoms with E-state index in [4.69, 9.17) is 0 Å². The summed E-state index contributed by atoms with van der Waals surface area (Å²) in [6, 6.07) is 0. The van der Waals surface area contributed by atoms with Gasteiger partial charge in [-0.1, -0.05) is 0 Å². The smallest absolute Gasteiger partial charge is 0.0869 e. The summed E-state index contributed by atoms with van der Waals surface area (Å²) in [7, 11) is 3.92. The van der Waals surface area contributed by atoms with Crippen molar-refractivity contribution < 1.29 is 5.11 Å². The summed E-state index contributed by atoms with van der Waals surface area (Å²) >= 11 is 0. The lowest BCUT2D eigenvalue weighted by molar-refractivity contribution is 0.0336. The standard InChI is InChI=1S/C14H28N4O/c1-13(2,3)18-9-12(8-16-18)7-15-10-14(4,19)11-17(5)6/h8-9,15,19H,7,10-11H2,1-6H3. The number of aromatic nitrogens is 2. The second-order valence-electron chi connectivity index (χ2n) is 6.80. The van der Waals surface area contributed by atoms with Crippen LogP contribution in [0, 0.1) is 0 Å². The van der Waals surface area contributed by atoms with Crippen molar-refractivity contribution >= 4 is 0 Å². The second kappa shape index (κ2) is 6.03. The molecule has 0 amide bonds. The van der Waals surface area contributed by atoms with E-state index in [1.807, 2.05) is 43.0 Å². The van der Waals surface area contributed by atoms with Gasteiger partial charge in [0.2, 0.25) is 0 Å². The van der Waals surface area contributed by atoms with E-state index in [-0.39, 0.29) is 5.54 Å². The van der Waals surface area contributed by atoms with Crippen LogP contribution in [0.4, 0.5) is 0 Å². The zero-order valence-corrected chi connectivity index (χ0v) is 13.1. The number of rotatable bonds is 6. The van der Waals surface area contributed by atoms with E-state index in [2.05, 4.69) is 31.2 Å². The van der Waals surface area contributed by atoms with Crippen LogP contribution in [0.2, 0.25) is 0 Å². The first kappa shape index (κ1) is 16.1. The minimum Gasteiger partial charge on any atom is -0.388 e. The van der Waals surface area contributed by atoms with Crippen molar-refractivity contribution in [3.63, 3.8) is 0 Å². The van der Waals surface area contributed by atoms with E-state index in [1.54, 1.807) is 0 Å². The molecule has 5 heteroatoms. The molecule has 2 N–H and O–H groups in total. The Balaban J connectivity index is 2.43. The molecular formula is C14H28N4O. The SMILES string of the molecule is CN(C)CC(C)(O)CNCc1cnn(C(C)(C)C)c1.